The van der Waals surface area contributed by atoms with Gasteiger partial charge in [0.1, 0.15) is 0 Å². The Morgan fingerprint density at radius 3 is 3.07 bits per heavy atom. The predicted molar refractivity (Wildman–Crippen MR) is 61.5 cm³/mol. The van der Waals surface area contributed by atoms with E-state index in [9.17, 15) is 0 Å². The second-order valence-corrected chi connectivity index (χ2v) is 4.62. The third-order valence-electron chi connectivity index (χ3n) is 1.97. The standard InChI is InChI=1S/C11H17NOS/c1-10(8-13)9-14-6-4-11-3-2-5-12-7-11/h2-3,5,7,10,13H,4,6,8-9H2,1H3. The highest BCUT2D eigenvalue weighted by Crippen LogP contribution is 2.10. The molecule has 1 rings (SSSR count). The van der Waals surface area contributed by atoms with Crippen LogP contribution in [0.3, 0.4) is 0 Å². The van der Waals surface area contributed by atoms with Crippen LogP contribution in [-0.4, -0.2) is 28.2 Å². The number of aliphatic hydroxyl groups is 1. The molecular weight excluding hydrogens is 194 g/mol. The van der Waals surface area contributed by atoms with Crippen molar-refractivity contribution >= 4 is 11.8 Å². The average Bonchev–Trinajstić information content (AvgIpc) is 2.25. The highest BCUT2D eigenvalue weighted by Gasteiger charge is 1.99. The van der Waals surface area contributed by atoms with Crippen molar-refractivity contribution in [2.24, 2.45) is 5.92 Å². The molecule has 14 heavy (non-hydrogen) atoms. The molecule has 1 heterocycles. The molecule has 2 nitrogen and oxygen atoms in total. The van der Waals surface area contributed by atoms with Crippen LogP contribution in [0.15, 0.2) is 24.5 Å². The van der Waals surface area contributed by atoms with Gasteiger partial charge in [0, 0.05) is 19.0 Å². The van der Waals surface area contributed by atoms with Crippen LogP contribution in [-0.2, 0) is 6.42 Å². The van der Waals surface area contributed by atoms with Crippen molar-refractivity contribution in [2.75, 3.05) is 18.1 Å². The average molecular weight is 211 g/mol. The molecular formula is C11H17NOS. The van der Waals surface area contributed by atoms with Gasteiger partial charge in [-0.3, -0.25) is 4.98 Å². The molecule has 0 saturated carbocycles. The minimum absolute atomic E-state index is 0.292. The summed E-state index contributed by atoms with van der Waals surface area (Å²) in [6.45, 7) is 2.36. The Labute approximate surface area is 89.8 Å². The van der Waals surface area contributed by atoms with E-state index in [1.807, 2.05) is 24.0 Å². The highest BCUT2D eigenvalue weighted by molar-refractivity contribution is 7.99. The quantitative estimate of drug-likeness (QED) is 0.730. The van der Waals surface area contributed by atoms with Gasteiger partial charge < -0.3 is 5.11 Å². The Morgan fingerprint density at radius 1 is 1.57 bits per heavy atom. The van der Waals surface area contributed by atoms with Crippen molar-refractivity contribution in [3.05, 3.63) is 30.1 Å². The van der Waals surface area contributed by atoms with E-state index in [2.05, 4.69) is 18.0 Å². The molecule has 0 aliphatic heterocycles. The number of thioether (sulfide) groups is 1. The number of hydrogen-bond acceptors (Lipinski definition) is 3. The van der Waals surface area contributed by atoms with Crippen LogP contribution in [0.5, 0.6) is 0 Å². The zero-order valence-electron chi connectivity index (χ0n) is 8.52. The summed E-state index contributed by atoms with van der Waals surface area (Å²) in [5.74, 6) is 2.56. The van der Waals surface area contributed by atoms with E-state index in [-0.39, 0.29) is 0 Å². The number of aliphatic hydroxyl groups excluding tert-OH is 1. The van der Waals surface area contributed by atoms with E-state index in [1.54, 1.807) is 6.20 Å². The SMILES string of the molecule is CC(CO)CSCCc1cccnc1. The third kappa shape index (κ3) is 4.63. The first kappa shape index (κ1) is 11.5. The number of rotatable bonds is 6. The highest BCUT2D eigenvalue weighted by atomic mass is 32.2. The fraction of sp³-hybridized carbons (Fsp3) is 0.545. The fourth-order valence-electron chi connectivity index (χ4n) is 1.07. The van der Waals surface area contributed by atoms with Crippen molar-refractivity contribution < 1.29 is 5.11 Å². The van der Waals surface area contributed by atoms with Gasteiger partial charge in [-0.1, -0.05) is 13.0 Å². The van der Waals surface area contributed by atoms with Gasteiger partial charge in [0.15, 0.2) is 0 Å². The zero-order chi connectivity index (χ0) is 10.2. The second kappa shape index (κ2) is 6.85. The first-order valence-corrected chi connectivity index (χ1v) is 6.06. The predicted octanol–water partition coefficient (Wildman–Crippen LogP) is 1.99. The Kier molecular flexibility index (Phi) is 5.64. The summed E-state index contributed by atoms with van der Waals surface area (Å²) in [6, 6.07) is 4.07. The van der Waals surface area contributed by atoms with Crippen LogP contribution in [0.1, 0.15) is 12.5 Å². The number of nitrogens with zero attached hydrogens (tertiary/aromatic N) is 1. The summed E-state index contributed by atoms with van der Waals surface area (Å²) in [4.78, 5) is 4.07. The van der Waals surface area contributed by atoms with Crippen molar-refractivity contribution in [2.45, 2.75) is 13.3 Å². The fourth-order valence-corrected chi connectivity index (χ4v) is 2.13. The smallest absolute Gasteiger partial charge is 0.0464 e. The van der Waals surface area contributed by atoms with E-state index in [0.717, 1.165) is 17.9 Å². The molecule has 0 aliphatic rings. The number of aromatic nitrogens is 1. The maximum absolute atomic E-state index is 8.83. The van der Waals surface area contributed by atoms with Gasteiger partial charge in [0.25, 0.3) is 0 Å². The van der Waals surface area contributed by atoms with E-state index >= 15 is 0 Å². The van der Waals surface area contributed by atoms with Crippen LogP contribution in [0.4, 0.5) is 0 Å². The number of aryl methyl sites for hydroxylation is 1. The lowest BCUT2D eigenvalue weighted by Gasteiger charge is -2.06. The van der Waals surface area contributed by atoms with Gasteiger partial charge in [-0.25, -0.2) is 0 Å². The largest absolute Gasteiger partial charge is 0.396 e. The summed E-state index contributed by atoms with van der Waals surface area (Å²) in [7, 11) is 0. The Balaban J connectivity index is 2.10. The molecule has 1 unspecified atom stereocenters. The monoisotopic (exact) mass is 211 g/mol. The van der Waals surface area contributed by atoms with E-state index < -0.39 is 0 Å². The Bertz CT molecular complexity index is 240. The van der Waals surface area contributed by atoms with Crippen molar-refractivity contribution in [3.63, 3.8) is 0 Å². The first-order chi connectivity index (χ1) is 6.83. The van der Waals surface area contributed by atoms with Crippen LogP contribution in [0.2, 0.25) is 0 Å². The molecule has 0 saturated heterocycles. The van der Waals surface area contributed by atoms with Crippen LogP contribution in [0, 0.1) is 5.92 Å². The molecule has 1 aromatic rings. The minimum Gasteiger partial charge on any atom is -0.396 e. The molecule has 3 heteroatoms. The van der Waals surface area contributed by atoms with Gasteiger partial charge in [0.2, 0.25) is 0 Å². The van der Waals surface area contributed by atoms with Crippen LogP contribution in [0.25, 0.3) is 0 Å². The molecule has 0 radical (unpaired) electrons. The van der Waals surface area contributed by atoms with Gasteiger partial charge in [0.05, 0.1) is 0 Å². The zero-order valence-corrected chi connectivity index (χ0v) is 9.33. The lowest BCUT2D eigenvalue weighted by atomic mass is 10.2. The maximum atomic E-state index is 8.83. The molecule has 1 N–H and O–H groups in total. The summed E-state index contributed by atoms with van der Waals surface area (Å²) in [5.41, 5.74) is 1.29. The number of pyridine rings is 1. The van der Waals surface area contributed by atoms with Crippen molar-refractivity contribution in [1.29, 1.82) is 0 Å². The molecule has 0 amide bonds. The Hall–Kier alpha value is -0.540. The normalized spacial score (nSPS) is 12.7. The lowest BCUT2D eigenvalue weighted by Crippen LogP contribution is -2.04. The van der Waals surface area contributed by atoms with Gasteiger partial charge in [-0.05, 0) is 35.5 Å². The van der Waals surface area contributed by atoms with Crippen molar-refractivity contribution in [3.8, 4) is 0 Å². The summed E-state index contributed by atoms with van der Waals surface area (Å²) in [5, 5.41) is 8.83. The third-order valence-corrected chi connectivity index (χ3v) is 3.27. The molecule has 78 valence electrons. The van der Waals surface area contributed by atoms with Gasteiger partial charge in [-0.15, -0.1) is 0 Å². The topological polar surface area (TPSA) is 33.1 Å². The summed E-state index contributed by atoms with van der Waals surface area (Å²) >= 11 is 1.89. The minimum atomic E-state index is 0.292. The summed E-state index contributed by atoms with van der Waals surface area (Å²) < 4.78 is 0. The summed E-state index contributed by atoms with van der Waals surface area (Å²) in [6.07, 6.45) is 4.77. The van der Waals surface area contributed by atoms with Crippen LogP contribution < -0.4 is 0 Å². The molecule has 0 aliphatic carbocycles. The second-order valence-electron chi connectivity index (χ2n) is 3.47. The lowest BCUT2D eigenvalue weighted by molar-refractivity contribution is 0.250. The molecule has 0 fully saturated rings. The molecule has 1 atom stereocenters. The van der Waals surface area contributed by atoms with Crippen molar-refractivity contribution in [1.82, 2.24) is 4.98 Å². The van der Waals surface area contributed by atoms with Crippen LogP contribution >= 0.6 is 11.8 Å². The van der Waals surface area contributed by atoms with E-state index in [0.29, 0.717) is 12.5 Å². The maximum Gasteiger partial charge on any atom is 0.0464 e. The first-order valence-electron chi connectivity index (χ1n) is 4.90. The molecule has 0 spiro atoms. The van der Waals surface area contributed by atoms with E-state index in [1.165, 1.54) is 5.56 Å². The molecule has 1 aromatic heterocycles. The van der Waals surface area contributed by atoms with E-state index in [4.69, 9.17) is 5.11 Å². The molecule has 0 bridgehead atoms. The Morgan fingerprint density at radius 2 is 2.43 bits per heavy atom. The number of hydrogen-bond donors (Lipinski definition) is 1. The van der Waals surface area contributed by atoms with Gasteiger partial charge >= 0.3 is 0 Å². The van der Waals surface area contributed by atoms with Gasteiger partial charge in [-0.2, -0.15) is 11.8 Å². The molecule has 0 aromatic carbocycles.